The SMILES string of the molecule is CC1CCCC(C)C1NC1CCC1. The van der Waals surface area contributed by atoms with Crippen molar-refractivity contribution >= 4 is 0 Å². The van der Waals surface area contributed by atoms with E-state index in [1.54, 1.807) is 0 Å². The van der Waals surface area contributed by atoms with Crippen LogP contribution in [0, 0.1) is 11.8 Å². The Kier molecular flexibility index (Phi) is 2.92. The van der Waals surface area contributed by atoms with Crippen molar-refractivity contribution in [2.24, 2.45) is 11.8 Å². The first kappa shape index (κ1) is 9.51. The molecule has 2 unspecified atom stereocenters. The van der Waals surface area contributed by atoms with Crippen LogP contribution in [-0.2, 0) is 0 Å². The Hall–Kier alpha value is -0.0400. The largest absolute Gasteiger partial charge is 0.311 e. The Morgan fingerprint density at radius 1 is 0.846 bits per heavy atom. The molecule has 0 radical (unpaired) electrons. The standard InChI is InChI=1S/C12H23N/c1-9-5-3-6-10(2)12(9)13-11-7-4-8-11/h9-13H,3-8H2,1-2H3. The van der Waals surface area contributed by atoms with Gasteiger partial charge >= 0.3 is 0 Å². The average molecular weight is 181 g/mol. The highest BCUT2D eigenvalue weighted by Crippen LogP contribution is 2.31. The van der Waals surface area contributed by atoms with E-state index in [-0.39, 0.29) is 0 Å². The van der Waals surface area contributed by atoms with Gasteiger partial charge in [0.1, 0.15) is 0 Å². The van der Waals surface area contributed by atoms with E-state index in [1.165, 1.54) is 38.5 Å². The molecule has 1 nitrogen and oxygen atoms in total. The second-order valence-electron chi connectivity index (χ2n) is 5.21. The van der Waals surface area contributed by atoms with Crippen LogP contribution in [0.1, 0.15) is 52.4 Å². The average Bonchev–Trinajstić information content (AvgIpc) is 2.00. The summed E-state index contributed by atoms with van der Waals surface area (Å²) in [5, 5.41) is 3.85. The van der Waals surface area contributed by atoms with Crippen molar-refractivity contribution in [3.63, 3.8) is 0 Å². The van der Waals surface area contributed by atoms with Crippen molar-refractivity contribution in [3.05, 3.63) is 0 Å². The first-order valence-electron chi connectivity index (χ1n) is 6.03. The van der Waals surface area contributed by atoms with E-state index in [2.05, 4.69) is 19.2 Å². The Balaban J connectivity index is 1.85. The fraction of sp³-hybridized carbons (Fsp3) is 1.00. The molecule has 0 spiro atoms. The summed E-state index contributed by atoms with van der Waals surface area (Å²) in [6, 6.07) is 1.69. The smallest absolute Gasteiger partial charge is 0.0121 e. The van der Waals surface area contributed by atoms with Crippen molar-refractivity contribution in [1.29, 1.82) is 0 Å². The maximum Gasteiger partial charge on any atom is 0.0121 e. The quantitative estimate of drug-likeness (QED) is 0.690. The summed E-state index contributed by atoms with van der Waals surface area (Å²) in [4.78, 5) is 0. The van der Waals surface area contributed by atoms with E-state index in [1.807, 2.05) is 0 Å². The van der Waals surface area contributed by atoms with Gasteiger partial charge in [-0.1, -0.05) is 26.7 Å². The zero-order chi connectivity index (χ0) is 9.26. The van der Waals surface area contributed by atoms with Crippen molar-refractivity contribution in [3.8, 4) is 0 Å². The molecule has 0 aromatic rings. The maximum atomic E-state index is 3.85. The molecule has 13 heavy (non-hydrogen) atoms. The zero-order valence-electron chi connectivity index (χ0n) is 9.05. The first-order chi connectivity index (χ1) is 6.27. The number of rotatable bonds is 2. The van der Waals surface area contributed by atoms with E-state index in [9.17, 15) is 0 Å². The fourth-order valence-electron chi connectivity index (χ4n) is 2.86. The second-order valence-corrected chi connectivity index (χ2v) is 5.21. The van der Waals surface area contributed by atoms with Gasteiger partial charge in [0.05, 0.1) is 0 Å². The van der Waals surface area contributed by atoms with E-state index in [0.717, 1.165) is 23.9 Å². The summed E-state index contributed by atoms with van der Waals surface area (Å²) in [5.41, 5.74) is 0. The van der Waals surface area contributed by atoms with Crippen LogP contribution in [0.25, 0.3) is 0 Å². The molecule has 0 heterocycles. The van der Waals surface area contributed by atoms with Crippen LogP contribution in [0.2, 0.25) is 0 Å². The monoisotopic (exact) mass is 181 g/mol. The first-order valence-corrected chi connectivity index (χ1v) is 6.03. The van der Waals surface area contributed by atoms with Crippen molar-refractivity contribution in [1.82, 2.24) is 5.32 Å². The number of hydrogen-bond acceptors (Lipinski definition) is 1. The molecule has 0 aliphatic heterocycles. The van der Waals surface area contributed by atoms with Crippen LogP contribution in [-0.4, -0.2) is 12.1 Å². The van der Waals surface area contributed by atoms with Crippen LogP contribution >= 0.6 is 0 Å². The summed E-state index contributed by atoms with van der Waals surface area (Å²) in [6.45, 7) is 4.85. The fourth-order valence-corrected chi connectivity index (χ4v) is 2.86. The van der Waals surface area contributed by atoms with E-state index in [0.29, 0.717) is 0 Å². The molecule has 1 heteroatoms. The summed E-state index contributed by atoms with van der Waals surface area (Å²) < 4.78 is 0. The third kappa shape index (κ3) is 2.07. The van der Waals surface area contributed by atoms with Gasteiger partial charge < -0.3 is 5.32 Å². The Morgan fingerprint density at radius 2 is 1.38 bits per heavy atom. The van der Waals surface area contributed by atoms with Gasteiger partial charge in [-0.15, -0.1) is 0 Å². The number of hydrogen-bond donors (Lipinski definition) is 1. The molecule has 0 amide bonds. The van der Waals surface area contributed by atoms with Gasteiger partial charge in [-0.2, -0.15) is 0 Å². The predicted molar refractivity (Wildman–Crippen MR) is 56.7 cm³/mol. The lowest BCUT2D eigenvalue weighted by Crippen LogP contribution is -2.49. The van der Waals surface area contributed by atoms with Crippen LogP contribution in [0.4, 0.5) is 0 Å². The molecule has 76 valence electrons. The van der Waals surface area contributed by atoms with Gasteiger partial charge in [-0.3, -0.25) is 0 Å². The zero-order valence-corrected chi connectivity index (χ0v) is 9.05. The molecule has 0 aromatic carbocycles. The van der Waals surface area contributed by atoms with Crippen molar-refractivity contribution in [2.45, 2.75) is 64.5 Å². The van der Waals surface area contributed by atoms with Gasteiger partial charge in [-0.25, -0.2) is 0 Å². The van der Waals surface area contributed by atoms with Crippen LogP contribution in [0.3, 0.4) is 0 Å². The minimum Gasteiger partial charge on any atom is -0.311 e. The number of nitrogens with one attached hydrogen (secondary N) is 1. The Bertz CT molecular complexity index is 153. The highest BCUT2D eigenvalue weighted by Gasteiger charge is 2.30. The molecule has 2 fully saturated rings. The molecule has 2 saturated carbocycles. The Labute approximate surface area is 82.3 Å². The molecular weight excluding hydrogens is 158 g/mol. The van der Waals surface area contributed by atoms with Gasteiger partial charge in [0, 0.05) is 12.1 Å². The molecule has 2 aliphatic carbocycles. The predicted octanol–water partition coefficient (Wildman–Crippen LogP) is 2.95. The lowest BCUT2D eigenvalue weighted by atomic mass is 9.77. The summed E-state index contributed by atoms with van der Waals surface area (Å²) in [6.07, 6.45) is 8.63. The molecule has 2 atom stereocenters. The van der Waals surface area contributed by atoms with Gasteiger partial charge in [0.15, 0.2) is 0 Å². The van der Waals surface area contributed by atoms with Crippen LogP contribution < -0.4 is 5.32 Å². The molecule has 2 rings (SSSR count). The Morgan fingerprint density at radius 3 is 1.85 bits per heavy atom. The molecule has 0 saturated heterocycles. The molecule has 1 N–H and O–H groups in total. The van der Waals surface area contributed by atoms with Gasteiger partial charge in [-0.05, 0) is 37.5 Å². The summed E-state index contributed by atoms with van der Waals surface area (Å²) in [5.74, 6) is 1.81. The van der Waals surface area contributed by atoms with E-state index >= 15 is 0 Å². The summed E-state index contributed by atoms with van der Waals surface area (Å²) >= 11 is 0. The molecule has 2 aliphatic rings. The second kappa shape index (κ2) is 4.00. The lowest BCUT2D eigenvalue weighted by molar-refractivity contribution is 0.168. The van der Waals surface area contributed by atoms with Crippen molar-refractivity contribution in [2.75, 3.05) is 0 Å². The molecule has 0 bridgehead atoms. The van der Waals surface area contributed by atoms with Crippen LogP contribution in [0.5, 0.6) is 0 Å². The van der Waals surface area contributed by atoms with E-state index in [4.69, 9.17) is 0 Å². The van der Waals surface area contributed by atoms with Gasteiger partial charge in [0.25, 0.3) is 0 Å². The van der Waals surface area contributed by atoms with Gasteiger partial charge in [0.2, 0.25) is 0 Å². The molecular formula is C12H23N. The summed E-state index contributed by atoms with van der Waals surface area (Å²) in [7, 11) is 0. The third-order valence-electron chi connectivity index (χ3n) is 4.08. The normalized spacial score (nSPS) is 41.5. The highest BCUT2D eigenvalue weighted by atomic mass is 15.0. The minimum atomic E-state index is 0.819. The van der Waals surface area contributed by atoms with E-state index < -0.39 is 0 Å². The molecule has 0 aromatic heterocycles. The highest BCUT2D eigenvalue weighted by molar-refractivity contribution is 4.88. The van der Waals surface area contributed by atoms with Crippen molar-refractivity contribution < 1.29 is 0 Å². The lowest BCUT2D eigenvalue weighted by Gasteiger charge is -2.40. The third-order valence-corrected chi connectivity index (χ3v) is 4.08. The minimum absolute atomic E-state index is 0.819. The maximum absolute atomic E-state index is 3.85. The topological polar surface area (TPSA) is 12.0 Å². The van der Waals surface area contributed by atoms with Crippen LogP contribution in [0.15, 0.2) is 0 Å².